The molecule has 2 fully saturated rings. The number of carboxylic acids is 1. The molecule has 0 radical (unpaired) electrons. The van der Waals surface area contributed by atoms with Crippen LogP contribution in [0.25, 0.3) is 0 Å². The second-order valence-corrected chi connectivity index (χ2v) is 8.81. The molecule has 0 unspecified atom stereocenters. The van der Waals surface area contributed by atoms with Crippen LogP contribution in [0.2, 0.25) is 0 Å². The van der Waals surface area contributed by atoms with Gasteiger partial charge >= 0.3 is 5.97 Å². The summed E-state index contributed by atoms with van der Waals surface area (Å²) in [5.41, 5.74) is 5.97. The molecule has 0 atom stereocenters. The van der Waals surface area contributed by atoms with Crippen molar-refractivity contribution in [3.05, 3.63) is 34.4 Å². The first-order valence-corrected chi connectivity index (χ1v) is 9.66. The largest absolute Gasteiger partial charge is 0.481 e. The Labute approximate surface area is 146 Å². The third-order valence-electron chi connectivity index (χ3n) is 6.55. The molecule has 0 amide bonds. The molecule has 1 N–H and O–H groups in total. The lowest BCUT2D eigenvalue weighted by Gasteiger charge is -2.15. The smallest absolute Gasteiger partial charge is 0.309 e. The van der Waals surface area contributed by atoms with E-state index >= 15 is 0 Å². The monoisotopic (exact) mass is 328 g/mol. The summed E-state index contributed by atoms with van der Waals surface area (Å²) in [5, 5.41) is 9.33. The van der Waals surface area contributed by atoms with E-state index in [1.807, 2.05) is 0 Å². The molecular weight excluding hydrogens is 296 g/mol. The van der Waals surface area contributed by atoms with Gasteiger partial charge in [-0.3, -0.25) is 4.79 Å². The zero-order chi connectivity index (χ0) is 17.4. The Kier molecular flexibility index (Phi) is 4.77. The summed E-state index contributed by atoms with van der Waals surface area (Å²) in [6, 6.07) is 4.73. The molecule has 3 rings (SSSR count). The van der Waals surface area contributed by atoms with Crippen LogP contribution in [0.15, 0.2) is 12.1 Å². The highest BCUT2D eigenvalue weighted by Crippen LogP contribution is 2.50. The molecule has 0 aromatic heterocycles. The Hall–Kier alpha value is -1.31. The highest BCUT2D eigenvalue weighted by molar-refractivity contribution is 5.77. The quantitative estimate of drug-likeness (QED) is 0.639. The Morgan fingerprint density at radius 3 is 1.88 bits per heavy atom. The minimum atomic E-state index is -0.583. The highest BCUT2D eigenvalue weighted by atomic mass is 16.4. The van der Waals surface area contributed by atoms with Crippen molar-refractivity contribution in [1.82, 2.24) is 0 Å². The van der Waals surface area contributed by atoms with E-state index in [9.17, 15) is 9.90 Å². The van der Waals surface area contributed by atoms with Crippen LogP contribution in [0.3, 0.4) is 0 Å². The van der Waals surface area contributed by atoms with Crippen molar-refractivity contribution >= 4 is 5.97 Å². The van der Waals surface area contributed by atoms with E-state index < -0.39 is 5.97 Å². The third-order valence-corrected chi connectivity index (χ3v) is 6.55. The average molecular weight is 328 g/mol. The lowest BCUT2D eigenvalue weighted by atomic mass is 9.90. The van der Waals surface area contributed by atoms with E-state index in [1.54, 1.807) is 0 Å². The van der Waals surface area contributed by atoms with Gasteiger partial charge < -0.3 is 5.11 Å². The van der Waals surface area contributed by atoms with Crippen molar-refractivity contribution in [3.8, 4) is 0 Å². The first-order chi connectivity index (χ1) is 11.3. The molecule has 0 heterocycles. The molecule has 132 valence electrons. The summed E-state index contributed by atoms with van der Waals surface area (Å²) >= 11 is 0. The van der Waals surface area contributed by atoms with Crippen LogP contribution in [-0.4, -0.2) is 11.1 Å². The average Bonchev–Trinajstić information content (AvgIpc) is 3.42. The van der Waals surface area contributed by atoms with Gasteiger partial charge in [-0.15, -0.1) is 0 Å². The SMILES string of the molecule is Cc1cc(CCCC2(C)CC2)c(CCCC2(C(=O)O)CC2)cc1C. The Morgan fingerprint density at radius 1 is 0.958 bits per heavy atom. The van der Waals surface area contributed by atoms with E-state index in [2.05, 4.69) is 32.9 Å². The van der Waals surface area contributed by atoms with E-state index in [0.717, 1.165) is 32.1 Å². The maximum Gasteiger partial charge on any atom is 0.309 e. The Morgan fingerprint density at radius 2 is 1.46 bits per heavy atom. The van der Waals surface area contributed by atoms with Crippen LogP contribution in [0.1, 0.15) is 80.5 Å². The van der Waals surface area contributed by atoms with E-state index in [-0.39, 0.29) is 5.41 Å². The van der Waals surface area contributed by atoms with Crippen molar-refractivity contribution < 1.29 is 9.90 Å². The number of rotatable bonds is 9. The first-order valence-electron chi connectivity index (χ1n) is 9.66. The highest BCUT2D eigenvalue weighted by Gasteiger charge is 2.49. The standard InChI is InChI=1S/C22H32O2/c1-16-14-18(6-4-8-21(3)10-11-21)19(15-17(16)2)7-5-9-22(12-13-22)20(23)24/h14-15H,4-13H2,1-3H3,(H,23,24). The van der Waals surface area contributed by atoms with Gasteiger partial charge in [0.1, 0.15) is 0 Å². The second-order valence-electron chi connectivity index (χ2n) is 8.81. The van der Waals surface area contributed by atoms with Crippen molar-refractivity contribution in [1.29, 1.82) is 0 Å². The summed E-state index contributed by atoms with van der Waals surface area (Å²) in [7, 11) is 0. The summed E-state index contributed by atoms with van der Waals surface area (Å²) in [6.45, 7) is 6.80. The molecular formula is C22H32O2. The summed E-state index contributed by atoms with van der Waals surface area (Å²) in [5.74, 6) is -0.583. The topological polar surface area (TPSA) is 37.3 Å². The summed E-state index contributed by atoms with van der Waals surface area (Å²) in [4.78, 5) is 11.3. The van der Waals surface area contributed by atoms with Crippen molar-refractivity contribution in [2.75, 3.05) is 0 Å². The maximum atomic E-state index is 11.3. The van der Waals surface area contributed by atoms with Gasteiger partial charge in [0.2, 0.25) is 0 Å². The molecule has 0 aliphatic heterocycles. The molecule has 24 heavy (non-hydrogen) atoms. The van der Waals surface area contributed by atoms with Gasteiger partial charge in [0.25, 0.3) is 0 Å². The number of hydrogen-bond acceptors (Lipinski definition) is 1. The fourth-order valence-electron chi connectivity index (χ4n) is 3.91. The van der Waals surface area contributed by atoms with Gasteiger partial charge in [-0.25, -0.2) is 0 Å². The number of hydrogen-bond donors (Lipinski definition) is 1. The lowest BCUT2D eigenvalue weighted by Crippen LogP contribution is -2.14. The van der Waals surface area contributed by atoms with Crippen molar-refractivity contribution in [3.63, 3.8) is 0 Å². The molecule has 1 aromatic carbocycles. The van der Waals surface area contributed by atoms with Gasteiger partial charge in [-0.1, -0.05) is 19.1 Å². The molecule has 2 saturated carbocycles. The van der Waals surface area contributed by atoms with Crippen molar-refractivity contribution in [2.45, 2.75) is 85.0 Å². The lowest BCUT2D eigenvalue weighted by molar-refractivity contribution is -0.143. The van der Waals surface area contributed by atoms with Gasteiger partial charge in [0.15, 0.2) is 0 Å². The molecule has 2 heteroatoms. The fraction of sp³-hybridized carbons (Fsp3) is 0.682. The minimum Gasteiger partial charge on any atom is -0.481 e. The van der Waals surface area contributed by atoms with Crippen molar-refractivity contribution in [2.24, 2.45) is 10.8 Å². The van der Waals surface area contributed by atoms with Crippen LogP contribution >= 0.6 is 0 Å². The predicted octanol–water partition coefficient (Wildman–Crippen LogP) is 5.61. The van der Waals surface area contributed by atoms with Crippen LogP contribution in [0.4, 0.5) is 0 Å². The third kappa shape index (κ3) is 4.02. The Bertz CT molecular complexity index is 621. The summed E-state index contributed by atoms with van der Waals surface area (Å²) in [6.07, 6.45) is 11.2. The molecule has 2 aliphatic carbocycles. The predicted molar refractivity (Wildman–Crippen MR) is 98.4 cm³/mol. The van der Waals surface area contributed by atoms with E-state index in [0.29, 0.717) is 5.41 Å². The number of aliphatic carboxylic acids is 1. The minimum absolute atomic E-state index is 0.375. The number of benzene rings is 1. The van der Waals surface area contributed by atoms with E-state index in [4.69, 9.17) is 0 Å². The van der Waals surface area contributed by atoms with Gasteiger partial charge in [0.05, 0.1) is 5.41 Å². The normalized spacial score (nSPS) is 20.0. The van der Waals surface area contributed by atoms with Gasteiger partial charge in [-0.2, -0.15) is 0 Å². The molecule has 1 aromatic rings. The fourth-order valence-corrected chi connectivity index (χ4v) is 3.91. The zero-order valence-electron chi connectivity index (χ0n) is 15.6. The second kappa shape index (κ2) is 6.54. The zero-order valence-corrected chi connectivity index (χ0v) is 15.6. The van der Waals surface area contributed by atoms with Crippen LogP contribution < -0.4 is 0 Å². The van der Waals surface area contributed by atoms with Crippen LogP contribution in [0.5, 0.6) is 0 Å². The number of carbonyl (C=O) groups is 1. The number of carboxylic acid groups (broad SMARTS) is 1. The van der Waals surface area contributed by atoms with Crippen LogP contribution in [-0.2, 0) is 17.6 Å². The van der Waals surface area contributed by atoms with Gasteiger partial charge in [-0.05, 0) is 106 Å². The van der Waals surface area contributed by atoms with E-state index in [1.165, 1.54) is 54.4 Å². The number of aryl methyl sites for hydroxylation is 4. The molecule has 2 aliphatic rings. The maximum absolute atomic E-state index is 11.3. The van der Waals surface area contributed by atoms with Crippen LogP contribution in [0, 0.1) is 24.7 Å². The molecule has 0 bridgehead atoms. The summed E-state index contributed by atoms with van der Waals surface area (Å²) < 4.78 is 0. The first kappa shape index (κ1) is 17.5. The molecule has 2 nitrogen and oxygen atoms in total. The van der Waals surface area contributed by atoms with Gasteiger partial charge in [0, 0.05) is 0 Å². The Balaban J connectivity index is 1.59. The molecule has 0 saturated heterocycles. The molecule has 0 spiro atoms.